The first-order chi connectivity index (χ1) is 11.9. The second-order valence-corrected chi connectivity index (χ2v) is 5.76. The third-order valence-electron chi connectivity index (χ3n) is 3.16. The van der Waals surface area contributed by atoms with Crippen LogP contribution in [0, 0.1) is 0 Å². The molecule has 1 N–H and O–H groups in total. The Morgan fingerprint density at radius 3 is 2.56 bits per heavy atom. The molecule has 0 unspecified atom stereocenters. The fraction of sp³-hybridized carbons (Fsp3) is 0.111. The van der Waals surface area contributed by atoms with Gasteiger partial charge in [-0.1, -0.05) is 35.3 Å². The lowest BCUT2D eigenvalue weighted by atomic mass is 10.1. The number of allylic oxidation sites excluding steroid dienone is 1. The van der Waals surface area contributed by atoms with Gasteiger partial charge in [-0.15, -0.1) is 0 Å². The molecule has 0 spiro atoms. The van der Waals surface area contributed by atoms with Crippen molar-refractivity contribution in [2.45, 2.75) is 0 Å². The predicted molar refractivity (Wildman–Crippen MR) is 96.0 cm³/mol. The second kappa shape index (κ2) is 8.55. The van der Waals surface area contributed by atoms with Crippen molar-refractivity contribution in [1.29, 1.82) is 0 Å². The van der Waals surface area contributed by atoms with E-state index in [1.165, 1.54) is 19.3 Å². The summed E-state index contributed by atoms with van der Waals surface area (Å²) < 4.78 is 10.3. The van der Waals surface area contributed by atoms with Crippen LogP contribution in [0.25, 0.3) is 6.08 Å². The lowest BCUT2D eigenvalue weighted by Gasteiger charge is -2.09. The van der Waals surface area contributed by atoms with Crippen LogP contribution in [-0.4, -0.2) is 30.6 Å². The van der Waals surface area contributed by atoms with E-state index < -0.39 is 12.6 Å². The van der Waals surface area contributed by atoms with Gasteiger partial charge in [-0.3, -0.25) is 4.79 Å². The summed E-state index contributed by atoms with van der Waals surface area (Å²) >= 11 is 11.9. The smallest absolute Gasteiger partial charge is 0.341 e. The number of carbonyl (C=O) groups is 2. The van der Waals surface area contributed by atoms with Crippen LogP contribution >= 0.6 is 23.2 Å². The van der Waals surface area contributed by atoms with Gasteiger partial charge < -0.3 is 14.6 Å². The quantitative estimate of drug-likeness (QED) is 0.570. The Morgan fingerprint density at radius 1 is 1.12 bits per heavy atom. The molecule has 0 atom stereocenters. The Morgan fingerprint density at radius 2 is 1.88 bits per heavy atom. The number of benzene rings is 2. The number of carbonyl (C=O) groups excluding carboxylic acids is 1. The molecule has 0 saturated heterocycles. The van der Waals surface area contributed by atoms with Gasteiger partial charge in [0.2, 0.25) is 0 Å². The summed E-state index contributed by atoms with van der Waals surface area (Å²) in [6.45, 7) is -0.475. The molecule has 0 aliphatic rings. The number of methoxy groups -OCH3 is 1. The van der Waals surface area contributed by atoms with Crippen LogP contribution in [0.4, 0.5) is 0 Å². The van der Waals surface area contributed by atoms with Gasteiger partial charge in [0, 0.05) is 10.6 Å². The van der Waals surface area contributed by atoms with Crippen molar-refractivity contribution >= 4 is 41.0 Å². The van der Waals surface area contributed by atoms with Crippen molar-refractivity contribution in [2.24, 2.45) is 0 Å². The monoisotopic (exact) mass is 380 g/mol. The fourth-order valence-corrected chi connectivity index (χ4v) is 2.38. The minimum Gasteiger partial charge on any atom is -0.493 e. The van der Waals surface area contributed by atoms with Gasteiger partial charge in [0.15, 0.2) is 23.9 Å². The van der Waals surface area contributed by atoms with E-state index in [1.807, 2.05) is 0 Å². The van der Waals surface area contributed by atoms with E-state index in [0.717, 1.165) is 0 Å². The highest BCUT2D eigenvalue weighted by Gasteiger charge is 2.09. The minimum absolute atomic E-state index is 0.294. The van der Waals surface area contributed by atoms with Crippen molar-refractivity contribution in [2.75, 3.05) is 13.7 Å². The van der Waals surface area contributed by atoms with Crippen LogP contribution in [0.1, 0.15) is 15.9 Å². The van der Waals surface area contributed by atoms with E-state index in [-0.39, 0.29) is 5.78 Å². The van der Waals surface area contributed by atoms with Crippen molar-refractivity contribution in [3.8, 4) is 11.5 Å². The highest BCUT2D eigenvalue weighted by molar-refractivity contribution is 6.36. The number of carboxylic acids is 1. The molecule has 0 aliphatic carbocycles. The average molecular weight is 381 g/mol. The molecule has 0 radical (unpaired) electrons. The normalized spacial score (nSPS) is 10.7. The van der Waals surface area contributed by atoms with E-state index in [9.17, 15) is 9.59 Å². The van der Waals surface area contributed by atoms with Crippen LogP contribution < -0.4 is 9.47 Å². The van der Waals surface area contributed by atoms with Gasteiger partial charge in [-0.2, -0.15) is 0 Å². The van der Waals surface area contributed by atoms with Crippen LogP contribution in [-0.2, 0) is 4.79 Å². The molecule has 5 nitrogen and oxygen atoms in total. The molecular weight excluding hydrogens is 367 g/mol. The first kappa shape index (κ1) is 18.8. The van der Waals surface area contributed by atoms with E-state index in [2.05, 4.69) is 0 Å². The standard InChI is InChI=1S/C18H14Cl2O5/c1-24-17-8-11(3-7-16(17)25-10-18(22)23)2-6-15(21)13-9-12(19)4-5-14(13)20/h2-9H,10H2,1H3,(H,22,23)/b6-2+. The van der Waals surface area contributed by atoms with Crippen LogP contribution in [0.2, 0.25) is 10.0 Å². The van der Waals surface area contributed by atoms with Gasteiger partial charge in [-0.25, -0.2) is 4.79 Å². The van der Waals surface area contributed by atoms with E-state index in [0.29, 0.717) is 32.7 Å². The van der Waals surface area contributed by atoms with Crippen LogP contribution in [0.3, 0.4) is 0 Å². The first-order valence-corrected chi connectivity index (χ1v) is 7.86. The van der Waals surface area contributed by atoms with E-state index in [1.54, 1.807) is 36.4 Å². The fourth-order valence-electron chi connectivity index (χ4n) is 1.99. The maximum atomic E-state index is 12.2. The predicted octanol–water partition coefficient (Wildman–Crippen LogP) is 4.36. The Labute approximate surface area is 154 Å². The van der Waals surface area contributed by atoms with E-state index >= 15 is 0 Å². The Bertz CT molecular complexity index is 830. The van der Waals surface area contributed by atoms with Crippen LogP contribution in [0.5, 0.6) is 11.5 Å². The molecule has 0 fully saturated rings. The zero-order valence-electron chi connectivity index (χ0n) is 13.2. The summed E-state index contributed by atoms with van der Waals surface area (Å²) in [7, 11) is 1.44. The molecule has 0 amide bonds. The molecule has 0 aliphatic heterocycles. The largest absolute Gasteiger partial charge is 0.493 e. The van der Waals surface area contributed by atoms with Crippen molar-refractivity contribution in [3.05, 3.63) is 63.6 Å². The summed E-state index contributed by atoms with van der Waals surface area (Å²) in [5.41, 5.74) is 0.977. The van der Waals surface area contributed by atoms with Gasteiger partial charge in [0.25, 0.3) is 0 Å². The Hall–Kier alpha value is -2.50. The third-order valence-corrected chi connectivity index (χ3v) is 3.72. The number of halogens is 2. The summed E-state index contributed by atoms with van der Waals surface area (Å²) in [4.78, 5) is 22.8. The molecule has 0 bridgehead atoms. The van der Waals surface area contributed by atoms with Crippen molar-refractivity contribution in [3.63, 3.8) is 0 Å². The van der Waals surface area contributed by atoms with Gasteiger partial charge in [0.05, 0.1) is 12.1 Å². The topological polar surface area (TPSA) is 72.8 Å². The lowest BCUT2D eigenvalue weighted by molar-refractivity contribution is -0.139. The lowest BCUT2D eigenvalue weighted by Crippen LogP contribution is -2.10. The molecule has 0 aromatic heterocycles. The zero-order valence-corrected chi connectivity index (χ0v) is 14.7. The van der Waals surface area contributed by atoms with E-state index in [4.69, 9.17) is 37.8 Å². The molecule has 7 heteroatoms. The molecule has 0 heterocycles. The number of ketones is 1. The average Bonchev–Trinajstić information content (AvgIpc) is 2.60. The molecule has 2 aromatic carbocycles. The number of ether oxygens (including phenoxy) is 2. The Balaban J connectivity index is 2.19. The maximum Gasteiger partial charge on any atom is 0.341 e. The van der Waals surface area contributed by atoms with Gasteiger partial charge in [-0.05, 0) is 42.0 Å². The highest BCUT2D eigenvalue weighted by Crippen LogP contribution is 2.29. The zero-order chi connectivity index (χ0) is 18.4. The molecule has 2 aromatic rings. The van der Waals surface area contributed by atoms with Crippen molar-refractivity contribution < 1.29 is 24.2 Å². The summed E-state index contributed by atoms with van der Waals surface area (Å²) in [5, 5.41) is 9.39. The van der Waals surface area contributed by atoms with Gasteiger partial charge >= 0.3 is 5.97 Å². The number of rotatable bonds is 7. The van der Waals surface area contributed by atoms with Gasteiger partial charge in [0.1, 0.15) is 0 Å². The number of carboxylic acid groups (broad SMARTS) is 1. The van der Waals surface area contributed by atoms with Crippen molar-refractivity contribution in [1.82, 2.24) is 0 Å². The minimum atomic E-state index is -1.09. The highest BCUT2D eigenvalue weighted by atomic mass is 35.5. The molecule has 25 heavy (non-hydrogen) atoms. The molecule has 130 valence electrons. The summed E-state index contributed by atoms with van der Waals surface area (Å²) in [5.74, 6) is -0.726. The number of hydrogen-bond donors (Lipinski definition) is 1. The first-order valence-electron chi connectivity index (χ1n) is 7.11. The molecule has 0 saturated carbocycles. The maximum absolute atomic E-state index is 12.2. The Kier molecular flexibility index (Phi) is 6.44. The van der Waals surface area contributed by atoms with Crippen LogP contribution in [0.15, 0.2) is 42.5 Å². The summed E-state index contributed by atoms with van der Waals surface area (Å²) in [6.07, 6.45) is 2.95. The second-order valence-electron chi connectivity index (χ2n) is 4.91. The summed E-state index contributed by atoms with van der Waals surface area (Å²) in [6, 6.07) is 9.52. The SMILES string of the molecule is COc1cc(/C=C/C(=O)c2cc(Cl)ccc2Cl)ccc1OCC(=O)O. The molecular formula is C18H14Cl2O5. The molecule has 2 rings (SSSR count). The third kappa shape index (κ3) is 5.24. The number of hydrogen-bond acceptors (Lipinski definition) is 4. The number of aliphatic carboxylic acids is 1.